The molecule has 0 saturated heterocycles. The van der Waals surface area contributed by atoms with E-state index in [9.17, 15) is 0 Å². The van der Waals surface area contributed by atoms with Crippen molar-refractivity contribution in [2.24, 2.45) is 0 Å². The molecule has 4 rings (SSSR count). The van der Waals surface area contributed by atoms with Gasteiger partial charge in [-0.1, -0.05) is 60.7 Å². The van der Waals surface area contributed by atoms with Crippen LogP contribution in [0.15, 0.2) is 66.7 Å². The van der Waals surface area contributed by atoms with Crippen molar-refractivity contribution in [2.75, 3.05) is 0 Å². The Kier molecular flexibility index (Phi) is 3.71. The first-order valence-electron chi connectivity index (χ1n) is 7.89. The predicted octanol–water partition coefficient (Wildman–Crippen LogP) is 4.51. The van der Waals surface area contributed by atoms with Gasteiger partial charge in [-0.2, -0.15) is 5.10 Å². The van der Waals surface area contributed by atoms with E-state index in [0.717, 1.165) is 27.6 Å². The lowest BCUT2D eigenvalue weighted by molar-refractivity contribution is 0.300. The molecule has 0 aliphatic rings. The Hall–Kier alpha value is -3.14. The molecular formula is C20H17N3O. The van der Waals surface area contributed by atoms with Gasteiger partial charge in [0, 0.05) is 10.9 Å². The summed E-state index contributed by atoms with van der Waals surface area (Å²) in [4.78, 5) is 4.54. The number of nitrogens with zero attached hydrogens (tertiary/aromatic N) is 2. The van der Waals surface area contributed by atoms with Crippen molar-refractivity contribution in [3.8, 4) is 17.1 Å². The number of benzene rings is 3. The summed E-state index contributed by atoms with van der Waals surface area (Å²) in [5, 5.41) is 9.53. The molecule has 0 unspecified atom stereocenters. The normalized spacial score (nSPS) is 10.9. The van der Waals surface area contributed by atoms with E-state index in [1.165, 1.54) is 0 Å². The maximum Gasteiger partial charge on any atom is 0.181 e. The summed E-state index contributed by atoms with van der Waals surface area (Å²) < 4.78 is 5.95. The molecule has 0 bridgehead atoms. The van der Waals surface area contributed by atoms with E-state index in [4.69, 9.17) is 4.74 Å². The topological polar surface area (TPSA) is 50.8 Å². The average molecular weight is 315 g/mol. The molecule has 4 aromatic rings. The number of aromatic nitrogens is 3. The zero-order valence-corrected chi connectivity index (χ0v) is 13.4. The molecule has 1 aromatic heterocycles. The van der Waals surface area contributed by atoms with Gasteiger partial charge in [-0.3, -0.25) is 5.10 Å². The lowest BCUT2D eigenvalue weighted by Crippen LogP contribution is -1.98. The second kappa shape index (κ2) is 6.16. The number of hydrogen-bond donors (Lipinski definition) is 1. The van der Waals surface area contributed by atoms with Crippen LogP contribution in [0, 0.1) is 6.92 Å². The molecule has 0 aliphatic carbocycles. The van der Waals surface area contributed by atoms with E-state index in [1.807, 2.05) is 42.5 Å². The highest BCUT2D eigenvalue weighted by Gasteiger charge is 2.09. The van der Waals surface area contributed by atoms with Crippen LogP contribution in [0.25, 0.3) is 22.2 Å². The van der Waals surface area contributed by atoms with E-state index >= 15 is 0 Å². The summed E-state index contributed by atoms with van der Waals surface area (Å²) in [5.74, 6) is 2.26. The van der Waals surface area contributed by atoms with E-state index in [1.54, 1.807) is 0 Å². The van der Waals surface area contributed by atoms with Gasteiger partial charge in [-0.05, 0) is 23.9 Å². The van der Waals surface area contributed by atoms with Gasteiger partial charge < -0.3 is 4.74 Å². The first kappa shape index (κ1) is 14.5. The Morgan fingerprint density at radius 2 is 1.71 bits per heavy atom. The summed E-state index contributed by atoms with van der Waals surface area (Å²) in [6, 6.07) is 22.3. The van der Waals surface area contributed by atoms with Crippen LogP contribution in [0.3, 0.4) is 0 Å². The fourth-order valence-electron chi connectivity index (χ4n) is 2.77. The molecule has 4 heteroatoms. The van der Waals surface area contributed by atoms with E-state index < -0.39 is 0 Å². The number of aryl methyl sites for hydroxylation is 1. The minimum atomic E-state index is 0.354. The Labute approximate surface area is 140 Å². The first-order valence-corrected chi connectivity index (χ1v) is 7.89. The molecule has 0 aliphatic heterocycles. The maximum atomic E-state index is 5.95. The molecule has 0 radical (unpaired) electrons. The molecule has 0 fully saturated rings. The summed E-state index contributed by atoms with van der Waals surface area (Å²) >= 11 is 0. The van der Waals surface area contributed by atoms with Gasteiger partial charge in [0.15, 0.2) is 11.6 Å². The van der Waals surface area contributed by atoms with Gasteiger partial charge >= 0.3 is 0 Å². The number of rotatable bonds is 4. The molecule has 0 amide bonds. The molecule has 24 heavy (non-hydrogen) atoms. The van der Waals surface area contributed by atoms with Crippen molar-refractivity contribution in [1.29, 1.82) is 0 Å². The predicted molar refractivity (Wildman–Crippen MR) is 94.8 cm³/mol. The van der Waals surface area contributed by atoms with E-state index in [2.05, 4.69) is 46.4 Å². The van der Waals surface area contributed by atoms with Gasteiger partial charge in [-0.25, -0.2) is 4.98 Å². The zero-order valence-electron chi connectivity index (χ0n) is 13.4. The second-order valence-electron chi connectivity index (χ2n) is 5.69. The Morgan fingerprint density at radius 3 is 2.62 bits per heavy atom. The monoisotopic (exact) mass is 315 g/mol. The van der Waals surface area contributed by atoms with Crippen LogP contribution in [0.5, 0.6) is 5.75 Å². The Balaban J connectivity index is 1.56. The lowest BCUT2D eigenvalue weighted by atomic mass is 10.1. The van der Waals surface area contributed by atoms with Crippen molar-refractivity contribution in [2.45, 2.75) is 13.5 Å². The van der Waals surface area contributed by atoms with Gasteiger partial charge in [0.25, 0.3) is 0 Å². The number of ether oxygens (including phenoxy) is 1. The molecule has 3 aromatic carbocycles. The average Bonchev–Trinajstić information content (AvgIpc) is 3.09. The fourth-order valence-corrected chi connectivity index (χ4v) is 2.77. The summed E-state index contributed by atoms with van der Waals surface area (Å²) in [6.07, 6.45) is 0. The third kappa shape index (κ3) is 2.74. The van der Waals surface area contributed by atoms with Crippen molar-refractivity contribution < 1.29 is 4.74 Å². The minimum Gasteiger partial charge on any atom is -0.485 e. The number of hydrogen-bond acceptors (Lipinski definition) is 3. The van der Waals surface area contributed by atoms with Crippen molar-refractivity contribution in [3.63, 3.8) is 0 Å². The third-order valence-electron chi connectivity index (χ3n) is 4.03. The number of aromatic amines is 1. The highest BCUT2D eigenvalue weighted by molar-refractivity contribution is 5.88. The largest absolute Gasteiger partial charge is 0.485 e. The highest BCUT2D eigenvalue weighted by Crippen LogP contribution is 2.26. The standard InChI is InChI=1S/C20H17N3O/c1-14-7-2-4-10-16(14)20-21-19(22-23-20)13-24-18-12-6-9-15-8-3-5-11-17(15)18/h2-12H,13H2,1H3,(H,21,22,23). The number of nitrogens with one attached hydrogen (secondary N) is 1. The minimum absolute atomic E-state index is 0.354. The van der Waals surface area contributed by atoms with Crippen LogP contribution in [0.4, 0.5) is 0 Å². The highest BCUT2D eigenvalue weighted by atomic mass is 16.5. The van der Waals surface area contributed by atoms with Gasteiger partial charge in [0.2, 0.25) is 0 Å². The van der Waals surface area contributed by atoms with Crippen LogP contribution < -0.4 is 4.74 Å². The third-order valence-corrected chi connectivity index (χ3v) is 4.03. The van der Waals surface area contributed by atoms with E-state index in [-0.39, 0.29) is 0 Å². The van der Waals surface area contributed by atoms with Crippen LogP contribution in [-0.4, -0.2) is 15.2 Å². The Bertz CT molecular complexity index is 986. The zero-order chi connectivity index (χ0) is 16.4. The Morgan fingerprint density at radius 1 is 0.917 bits per heavy atom. The van der Waals surface area contributed by atoms with Gasteiger partial charge in [0.05, 0.1) is 0 Å². The molecule has 118 valence electrons. The van der Waals surface area contributed by atoms with Gasteiger partial charge in [0.1, 0.15) is 12.4 Å². The molecule has 0 spiro atoms. The fraction of sp³-hybridized carbons (Fsp3) is 0.100. The molecule has 1 N–H and O–H groups in total. The van der Waals surface area contributed by atoms with Crippen LogP contribution in [0.1, 0.15) is 11.4 Å². The summed E-state index contributed by atoms with van der Waals surface area (Å²) in [7, 11) is 0. The second-order valence-corrected chi connectivity index (χ2v) is 5.69. The SMILES string of the molecule is Cc1ccccc1-c1n[nH]c(COc2cccc3ccccc23)n1. The van der Waals surface area contributed by atoms with Crippen molar-refractivity contribution in [3.05, 3.63) is 78.1 Å². The van der Waals surface area contributed by atoms with Crippen LogP contribution >= 0.6 is 0 Å². The quantitative estimate of drug-likeness (QED) is 0.602. The number of fused-ring (bicyclic) bond motifs is 1. The smallest absolute Gasteiger partial charge is 0.181 e. The molecule has 0 atom stereocenters. The van der Waals surface area contributed by atoms with Crippen molar-refractivity contribution in [1.82, 2.24) is 15.2 Å². The summed E-state index contributed by atoms with van der Waals surface area (Å²) in [6.45, 7) is 2.41. The molecular weight excluding hydrogens is 298 g/mol. The van der Waals surface area contributed by atoms with Crippen LogP contribution in [-0.2, 0) is 6.61 Å². The van der Waals surface area contributed by atoms with E-state index in [0.29, 0.717) is 18.3 Å². The molecule has 1 heterocycles. The molecule has 0 saturated carbocycles. The lowest BCUT2D eigenvalue weighted by Gasteiger charge is -2.07. The van der Waals surface area contributed by atoms with Gasteiger partial charge in [-0.15, -0.1) is 0 Å². The summed E-state index contributed by atoms with van der Waals surface area (Å²) in [5.41, 5.74) is 2.18. The number of H-pyrrole nitrogens is 1. The maximum absolute atomic E-state index is 5.95. The van der Waals surface area contributed by atoms with Crippen molar-refractivity contribution >= 4 is 10.8 Å². The van der Waals surface area contributed by atoms with Crippen LogP contribution in [0.2, 0.25) is 0 Å². The molecule has 4 nitrogen and oxygen atoms in total. The first-order chi connectivity index (χ1) is 11.8.